The summed E-state index contributed by atoms with van der Waals surface area (Å²) in [6.45, 7) is 9.66. The minimum atomic E-state index is -4.56. The van der Waals surface area contributed by atoms with Gasteiger partial charge in [0, 0.05) is 61.1 Å². The second-order valence-electron chi connectivity index (χ2n) is 19.3. The molecule has 338 valence electrons. The number of hydrogen-bond donors (Lipinski definition) is 4. The molecule has 2 saturated carbocycles. The number of benzene rings is 3. The molecule has 4 heterocycles. The van der Waals surface area contributed by atoms with Crippen LogP contribution in [0.15, 0.2) is 90.1 Å². The summed E-state index contributed by atoms with van der Waals surface area (Å²) in [6, 6.07) is 22.4. The average Bonchev–Trinajstić information content (AvgIpc) is 3.95. The molecular weight excluding hydrogens is 831 g/mol. The van der Waals surface area contributed by atoms with Crippen molar-refractivity contribution in [3.63, 3.8) is 0 Å². The van der Waals surface area contributed by atoms with Crippen molar-refractivity contribution in [2.45, 2.75) is 113 Å². The number of aromatic amines is 1. The highest BCUT2D eigenvalue weighted by Gasteiger charge is 2.50. The minimum absolute atomic E-state index is 0.0183. The zero-order chi connectivity index (χ0) is 44.8. The Kier molecular flexibility index (Phi) is 11.9. The maximum Gasteiger partial charge on any atom is 0.293 e. The van der Waals surface area contributed by atoms with Crippen LogP contribution in [0.1, 0.15) is 118 Å². The fourth-order valence-electron chi connectivity index (χ4n) is 10.8. The van der Waals surface area contributed by atoms with Crippen LogP contribution in [0.5, 0.6) is 11.5 Å². The van der Waals surface area contributed by atoms with Crippen molar-refractivity contribution in [1.29, 1.82) is 0 Å². The number of fused-ring (bicyclic) bond motifs is 1. The highest BCUT2D eigenvalue weighted by Crippen LogP contribution is 2.54. The molecule has 2 aromatic heterocycles. The monoisotopic (exact) mass is 889 g/mol. The number of pyridine rings is 1. The van der Waals surface area contributed by atoms with Crippen LogP contribution in [-0.2, 0) is 10.0 Å². The summed E-state index contributed by atoms with van der Waals surface area (Å²) in [5, 5.41) is 26.4. The number of piperidine rings is 1. The molecule has 0 radical (unpaired) electrons. The molecule has 1 spiro atoms. The first-order chi connectivity index (χ1) is 30.7. The van der Waals surface area contributed by atoms with E-state index in [0.29, 0.717) is 54.2 Å². The quantitative estimate of drug-likeness (QED) is 0.0653. The Labute approximate surface area is 375 Å². The normalized spacial score (nSPS) is 22.7. The highest BCUT2D eigenvalue weighted by molar-refractivity contribution is 7.90. The molecule has 14 nitrogen and oxygen atoms in total. The Bertz CT molecular complexity index is 2640. The molecular formula is C49H59N7O7S. The molecule has 1 atom stereocenters. The number of ether oxygens (including phenoxy) is 1. The van der Waals surface area contributed by atoms with E-state index in [0.717, 1.165) is 62.5 Å². The number of aromatic nitrogens is 2. The SMILES string of the molecule is CC(C)c1ccccc1[C@@H]1CCCN1C1CC2(CCN(c3ccc(C(=O)NS(=O)(=O)c4ccc(NCC5CCC(C)(O)CC5)c([N+](=O)[O-])c4)c(Oc4cnc5[nH]ccc5c4)c3)CC2)C1. The number of nitro benzene ring substituents is 1. The van der Waals surface area contributed by atoms with Gasteiger partial charge in [-0.05, 0) is 142 Å². The topological polar surface area (TPSA) is 183 Å². The fraction of sp³-hybridized carbons (Fsp3) is 0.469. The molecule has 5 aromatic rings. The lowest BCUT2D eigenvalue weighted by Crippen LogP contribution is -2.54. The van der Waals surface area contributed by atoms with Gasteiger partial charge in [0.25, 0.3) is 21.6 Å². The molecule has 0 bridgehead atoms. The number of anilines is 2. The Morgan fingerprint density at radius 2 is 1.77 bits per heavy atom. The van der Waals surface area contributed by atoms with E-state index in [9.17, 15) is 28.4 Å². The van der Waals surface area contributed by atoms with Crippen molar-refractivity contribution in [1.82, 2.24) is 19.6 Å². The van der Waals surface area contributed by atoms with E-state index in [1.807, 2.05) is 19.1 Å². The van der Waals surface area contributed by atoms with E-state index in [-0.39, 0.29) is 22.9 Å². The molecule has 15 heteroatoms. The maximum absolute atomic E-state index is 14.0. The predicted molar refractivity (Wildman–Crippen MR) is 248 cm³/mol. The van der Waals surface area contributed by atoms with Gasteiger partial charge in [0.2, 0.25) is 0 Å². The van der Waals surface area contributed by atoms with E-state index >= 15 is 0 Å². The molecule has 0 unspecified atom stereocenters. The van der Waals surface area contributed by atoms with Crippen molar-refractivity contribution < 1.29 is 28.0 Å². The van der Waals surface area contributed by atoms with Crippen LogP contribution in [0.3, 0.4) is 0 Å². The molecule has 2 saturated heterocycles. The third-order valence-corrected chi connectivity index (χ3v) is 15.9. The minimum Gasteiger partial charge on any atom is -0.455 e. The van der Waals surface area contributed by atoms with Crippen molar-refractivity contribution in [2.24, 2.45) is 11.3 Å². The van der Waals surface area contributed by atoms with E-state index < -0.39 is 37.0 Å². The summed E-state index contributed by atoms with van der Waals surface area (Å²) in [6.07, 6.45) is 13.1. The molecule has 9 rings (SSSR count). The van der Waals surface area contributed by atoms with Crippen LogP contribution < -0.4 is 19.7 Å². The lowest BCUT2D eigenvalue weighted by atomic mass is 9.59. The fourth-order valence-corrected chi connectivity index (χ4v) is 11.8. The summed E-state index contributed by atoms with van der Waals surface area (Å²) < 4.78 is 36.0. The number of amides is 1. The molecule has 64 heavy (non-hydrogen) atoms. The lowest BCUT2D eigenvalue weighted by Gasteiger charge is -2.56. The maximum atomic E-state index is 14.0. The van der Waals surface area contributed by atoms with E-state index in [4.69, 9.17) is 4.74 Å². The standard InChI is InChI=1S/C49H59N7O7S/c1-32(2)39-7-4-5-8-40(39)43-9-6-22-55(43)36-28-49(29-36)19-23-54(24-20-49)35-10-12-41(45(26-35)63-37-25-34-16-21-50-46(34)52-31-37)47(57)53-64(61,62)38-11-13-42(44(27-38)56(59)60)51-30-33-14-17-48(3,58)18-15-33/h4-5,7-8,10-13,16,21,25-27,31-33,36,43,51,58H,6,9,14-15,17-20,22-24,28-30H2,1-3H3,(H,50,52)(H,53,57)/t33?,43-,48?/m0/s1. The van der Waals surface area contributed by atoms with Crippen LogP contribution in [0.25, 0.3) is 11.0 Å². The van der Waals surface area contributed by atoms with Gasteiger partial charge >= 0.3 is 0 Å². The van der Waals surface area contributed by atoms with Crippen LogP contribution in [0.4, 0.5) is 17.1 Å². The second kappa shape index (κ2) is 17.5. The first kappa shape index (κ1) is 43.7. The van der Waals surface area contributed by atoms with Crippen LogP contribution in [0.2, 0.25) is 0 Å². The smallest absolute Gasteiger partial charge is 0.293 e. The number of carbonyl (C=O) groups is 1. The van der Waals surface area contributed by atoms with Crippen molar-refractivity contribution in [3.8, 4) is 11.5 Å². The zero-order valence-electron chi connectivity index (χ0n) is 36.9. The van der Waals surface area contributed by atoms with Crippen molar-refractivity contribution >= 4 is 44.0 Å². The molecule has 2 aliphatic carbocycles. The molecule has 4 N–H and O–H groups in total. The molecule has 4 fully saturated rings. The second-order valence-corrected chi connectivity index (χ2v) is 21.0. The largest absolute Gasteiger partial charge is 0.455 e. The molecule has 3 aromatic carbocycles. The van der Waals surface area contributed by atoms with Gasteiger partial charge in [0.15, 0.2) is 0 Å². The van der Waals surface area contributed by atoms with Gasteiger partial charge in [-0.3, -0.25) is 19.8 Å². The van der Waals surface area contributed by atoms with Gasteiger partial charge in [-0.1, -0.05) is 38.1 Å². The Morgan fingerprint density at radius 1 is 1.00 bits per heavy atom. The van der Waals surface area contributed by atoms with Gasteiger partial charge in [0.1, 0.15) is 22.8 Å². The van der Waals surface area contributed by atoms with Gasteiger partial charge < -0.3 is 25.0 Å². The molecule has 4 aliphatic rings. The van der Waals surface area contributed by atoms with E-state index in [2.05, 4.69) is 67.9 Å². The van der Waals surface area contributed by atoms with Crippen LogP contribution >= 0.6 is 0 Å². The predicted octanol–water partition coefficient (Wildman–Crippen LogP) is 9.44. The average molecular weight is 890 g/mol. The van der Waals surface area contributed by atoms with Gasteiger partial charge in [-0.15, -0.1) is 0 Å². The summed E-state index contributed by atoms with van der Waals surface area (Å²) in [5.41, 5.74) is 3.82. The number of carbonyl (C=O) groups excluding carboxylic acids is 1. The van der Waals surface area contributed by atoms with Crippen LogP contribution in [-0.4, -0.2) is 77.0 Å². The Hall–Kier alpha value is -5.51. The number of rotatable bonds is 13. The summed E-state index contributed by atoms with van der Waals surface area (Å²) in [4.78, 5) is 37.7. The van der Waals surface area contributed by atoms with E-state index in [1.165, 1.54) is 48.9 Å². The summed E-state index contributed by atoms with van der Waals surface area (Å²) >= 11 is 0. The lowest BCUT2D eigenvalue weighted by molar-refractivity contribution is -0.384. The number of hydrogen-bond acceptors (Lipinski definition) is 11. The van der Waals surface area contributed by atoms with Gasteiger partial charge in [-0.25, -0.2) is 18.1 Å². The number of nitro groups is 1. The molecule has 1 amide bonds. The Balaban J connectivity index is 0.895. The van der Waals surface area contributed by atoms with E-state index in [1.54, 1.807) is 30.6 Å². The first-order valence-corrected chi connectivity index (χ1v) is 24.3. The number of sulfonamides is 1. The number of nitrogens with one attached hydrogen (secondary N) is 3. The Morgan fingerprint density at radius 3 is 2.52 bits per heavy atom. The number of likely N-dealkylation sites (tertiary alicyclic amines) is 1. The highest BCUT2D eigenvalue weighted by atomic mass is 32.2. The third kappa shape index (κ3) is 9.07. The first-order valence-electron chi connectivity index (χ1n) is 22.8. The zero-order valence-corrected chi connectivity index (χ0v) is 37.7. The van der Waals surface area contributed by atoms with Crippen molar-refractivity contribution in [3.05, 3.63) is 112 Å². The summed E-state index contributed by atoms with van der Waals surface area (Å²) in [7, 11) is -4.56. The van der Waals surface area contributed by atoms with Crippen molar-refractivity contribution in [2.75, 3.05) is 36.4 Å². The summed E-state index contributed by atoms with van der Waals surface area (Å²) in [5.74, 6) is 0.285. The third-order valence-electron chi connectivity index (χ3n) is 14.5. The van der Waals surface area contributed by atoms with Gasteiger partial charge in [-0.2, -0.15) is 0 Å². The van der Waals surface area contributed by atoms with Crippen LogP contribution in [0, 0.1) is 21.4 Å². The number of H-pyrrole nitrogens is 1. The number of aliphatic hydroxyl groups is 1. The molecule has 2 aliphatic heterocycles. The van der Waals surface area contributed by atoms with Gasteiger partial charge in [0.05, 0.1) is 27.2 Å². The number of nitrogens with zero attached hydrogens (tertiary/aromatic N) is 4.